The summed E-state index contributed by atoms with van der Waals surface area (Å²) in [7, 11) is 0. The predicted molar refractivity (Wildman–Crippen MR) is 82.5 cm³/mol. The van der Waals surface area contributed by atoms with Crippen molar-refractivity contribution in [1.29, 1.82) is 0 Å². The molecule has 0 atom stereocenters. The van der Waals surface area contributed by atoms with Crippen LogP contribution in [-0.4, -0.2) is 6.04 Å². The van der Waals surface area contributed by atoms with Crippen molar-refractivity contribution in [2.24, 2.45) is 5.92 Å². The fourth-order valence-corrected chi connectivity index (χ4v) is 2.48. The van der Waals surface area contributed by atoms with Crippen molar-refractivity contribution >= 4 is 0 Å². The van der Waals surface area contributed by atoms with E-state index in [4.69, 9.17) is 4.42 Å². The molecule has 1 heterocycles. The Kier molecular flexibility index (Phi) is 3.93. The largest absolute Gasteiger partial charge is 0.460 e. The Labute approximate surface area is 121 Å². The van der Waals surface area contributed by atoms with Gasteiger partial charge >= 0.3 is 0 Å². The highest BCUT2D eigenvalue weighted by molar-refractivity contribution is 5.58. The molecule has 0 spiro atoms. The molecule has 0 bridgehead atoms. The van der Waals surface area contributed by atoms with Crippen molar-refractivity contribution < 1.29 is 4.42 Å². The predicted octanol–water partition coefficient (Wildman–Crippen LogP) is 4.40. The Hall–Kier alpha value is -1.54. The third-order valence-electron chi connectivity index (χ3n) is 3.66. The minimum absolute atomic E-state index is 0.681. The van der Waals surface area contributed by atoms with Crippen LogP contribution in [0.25, 0.3) is 11.3 Å². The van der Waals surface area contributed by atoms with Gasteiger partial charge in [0.1, 0.15) is 11.5 Å². The highest BCUT2D eigenvalue weighted by Crippen LogP contribution is 2.25. The standard InChI is InChI=1S/C18H23NO/c1-13(2)10-14-4-3-5-15(11-14)18-9-8-17(20-18)12-19-16-6-7-16/h3-5,8-9,11,13,16,19H,6-7,10,12H2,1-2H3. The van der Waals surface area contributed by atoms with Crippen LogP contribution < -0.4 is 5.32 Å². The van der Waals surface area contributed by atoms with E-state index in [1.54, 1.807) is 0 Å². The first-order valence-electron chi connectivity index (χ1n) is 7.62. The smallest absolute Gasteiger partial charge is 0.134 e. The molecular weight excluding hydrogens is 246 g/mol. The highest BCUT2D eigenvalue weighted by Gasteiger charge is 2.20. The molecule has 1 fully saturated rings. The first-order chi connectivity index (χ1) is 9.70. The van der Waals surface area contributed by atoms with Gasteiger partial charge in [0.15, 0.2) is 0 Å². The normalized spacial score (nSPS) is 14.9. The molecule has 0 unspecified atom stereocenters. The zero-order valence-corrected chi connectivity index (χ0v) is 12.4. The highest BCUT2D eigenvalue weighted by atomic mass is 16.3. The van der Waals surface area contributed by atoms with Gasteiger partial charge in [0, 0.05) is 11.6 Å². The minimum Gasteiger partial charge on any atom is -0.460 e. The Balaban J connectivity index is 1.71. The van der Waals surface area contributed by atoms with E-state index in [-0.39, 0.29) is 0 Å². The van der Waals surface area contributed by atoms with Crippen LogP contribution in [-0.2, 0) is 13.0 Å². The van der Waals surface area contributed by atoms with Crippen LogP contribution in [0.15, 0.2) is 40.8 Å². The zero-order chi connectivity index (χ0) is 13.9. The van der Waals surface area contributed by atoms with Gasteiger partial charge in [-0.3, -0.25) is 0 Å². The quantitative estimate of drug-likeness (QED) is 0.841. The van der Waals surface area contributed by atoms with Gasteiger partial charge in [-0.25, -0.2) is 0 Å². The molecule has 0 amide bonds. The lowest BCUT2D eigenvalue weighted by Crippen LogP contribution is -2.14. The maximum absolute atomic E-state index is 5.95. The minimum atomic E-state index is 0.681. The van der Waals surface area contributed by atoms with Crippen molar-refractivity contribution in [1.82, 2.24) is 5.32 Å². The number of hydrogen-bond donors (Lipinski definition) is 1. The molecule has 0 radical (unpaired) electrons. The molecule has 2 aromatic rings. The molecule has 1 aliphatic rings. The molecule has 2 nitrogen and oxygen atoms in total. The third kappa shape index (κ3) is 3.51. The Bertz CT molecular complexity index is 566. The second-order valence-corrected chi connectivity index (χ2v) is 6.22. The van der Waals surface area contributed by atoms with Gasteiger partial charge in [-0.1, -0.05) is 32.0 Å². The summed E-state index contributed by atoms with van der Waals surface area (Å²) in [6, 6.07) is 13.6. The van der Waals surface area contributed by atoms with Crippen LogP contribution in [0.4, 0.5) is 0 Å². The molecule has 2 heteroatoms. The molecule has 1 aliphatic carbocycles. The van der Waals surface area contributed by atoms with E-state index in [1.165, 1.54) is 24.0 Å². The summed E-state index contributed by atoms with van der Waals surface area (Å²) in [6.45, 7) is 5.35. The van der Waals surface area contributed by atoms with Crippen LogP contribution in [0.3, 0.4) is 0 Å². The van der Waals surface area contributed by atoms with E-state index in [1.807, 2.05) is 0 Å². The molecule has 0 saturated heterocycles. The van der Waals surface area contributed by atoms with Gasteiger partial charge in [-0.2, -0.15) is 0 Å². The average molecular weight is 269 g/mol. The summed E-state index contributed by atoms with van der Waals surface area (Å²) >= 11 is 0. The molecule has 1 aromatic heterocycles. The number of benzene rings is 1. The maximum atomic E-state index is 5.95. The molecule has 1 aromatic carbocycles. The van der Waals surface area contributed by atoms with Crippen LogP contribution in [0.1, 0.15) is 38.0 Å². The van der Waals surface area contributed by atoms with E-state index in [0.29, 0.717) is 5.92 Å². The van der Waals surface area contributed by atoms with Crippen molar-refractivity contribution in [3.05, 3.63) is 47.7 Å². The fourth-order valence-electron chi connectivity index (χ4n) is 2.48. The maximum Gasteiger partial charge on any atom is 0.134 e. The van der Waals surface area contributed by atoms with Crippen LogP contribution >= 0.6 is 0 Å². The summed E-state index contributed by atoms with van der Waals surface area (Å²) in [5.74, 6) is 2.68. The molecule has 1 saturated carbocycles. The van der Waals surface area contributed by atoms with E-state index in [0.717, 1.165) is 30.5 Å². The zero-order valence-electron chi connectivity index (χ0n) is 12.4. The molecule has 106 valence electrons. The summed E-state index contributed by atoms with van der Waals surface area (Å²) in [4.78, 5) is 0. The summed E-state index contributed by atoms with van der Waals surface area (Å²) in [6.07, 6.45) is 3.74. The second kappa shape index (κ2) is 5.84. The van der Waals surface area contributed by atoms with Crippen molar-refractivity contribution in [2.75, 3.05) is 0 Å². The Morgan fingerprint density at radius 2 is 2.05 bits per heavy atom. The summed E-state index contributed by atoms with van der Waals surface area (Å²) < 4.78 is 5.95. The SMILES string of the molecule is CC(C)Cc1cccc(-c2ccc(CNC3CC3)o2)c1. The van der Waals surface area contributed by atoms with Gasteiger partial charge in [0.05, 0.1) is 6.54 Å². The summed E-state index contributed by atoms with van der Waals surface area (Å²) in [5.41, 5.74) is 2.56. The summed E-state index contributed by atoms with van der Waals surface area (Å²) in [5, 5.41) is 3.48. The number of rotatable bonds is 6. The lowest BCUT2D eigenvalue weighted by molar-refractivity contribution is 0.492. The van der Waals surface area contributed by atoms with E-state index in [9.17, 15) is 0 Å². The molecule has 1 N–H and O–H groups in total. The number of nitrogens with one attached hydrogen (secondary N) is 1. The second-order valence-electron chi connectivity index (χ2n) is 6.22. The monoisotopic (exact) mass is 269 g/mol. The van der Waals surface area contributed by atoms with Gasteiger partial charge in [-0.15, -0.1) is 0 Å². The van der Waals surface area contributed by atoms with E-state index in [2.05, 4.69) is 55.6 Å². The molecule has 0 aliphatic heterocycles. The van der Waals surface area contributed by atoms with Crippen molar-refractivity contribution in [2.45, 2.75) is 45.7 Å². The van der Waals surface area contributed by atoms with E-state index >= 15 is 0 Å². The van der Waals surface area contributed by atoms with Gasteiger partial charge in [0.2, 0.25) is 0 Å². The Morgan fingerprint density at radius 3 is 2.80 bits per heavy atom. The van der Waals surface area contributed by atoms with Crippen LogP contribution in [0.2, 0.25) is 0 Å². The lowest BCUT2D eigenvalue weighted by atomic mass is 10.0. The lowest BCUT2D eigenvalue weighted by Gasteiger charge is -2.06. The van der Waals surface area contributed by atoms with Gasteiger partial charge in [-0.05, 0) is 48.9 Å². The Morgan fingerprint density at radius 1 is 1.20 bits per heavy atom. The van der Waals surface area contributed by atoms with Crippen molar-refractivity contribution in [3.63, 3.8) is 0 Å². The fraction of sp³-hybridized carbons (Fsp3) is 0.444. The van der Waals surface area contributed by atoms with E-state index < -0.39 is 0 Å². The number of furan rings is 1. The van der Waals surface area contributed by atoms with Gasteiger partial charge < -0.3 is 9.73 Å². The molecule has 20 heavy (non-hydrogen) atoms. The van der Waals surface area contributed by atoms with Crippen LogP contribution in [0.5, 0.6) is 0 Å². The first kappa shape index (κ1) is 13.4. The van der Waals surface area contributed by atoms with Crippen LogP contribution in [0, 0.1) is 5.92 Å². The average Bonchev–Trinajstić information content (AvgIpc) is 3.13. The van der Waals surface area contributed by atoms with Crippen molar-refractivity contribution in [3.8, 4) is 11.3 Å². The van der Waals surface area contributed by atoms with Gasteiger partial charge in [0.25, 0.3) is 0 Å². The molecular formula is C18H23NO. The third-order valence-corrected chi connectivity index (χ3v) is 3.66. The topological polar surface area (TPSA) is 25.2 Å². The first-order valence-corrected chi connectivity index (χ1v) is 7.62. The number of hydrogen-bond acceptors (Lipinski definition) is 2. The molecule has 3 rings (SSSR count).